The van der Waals surface area contributed by atoms with Crippen LogP contribution in [0.25, 0.3) is 0 Å². The third kappa shape index (κ3) is 2.84. The summed E-state index contributed by atoms with van der Waals surface area (Å²) in [6.07, 6.45) is 1.21. The van der Waals surface area contributed by atoms with Crippen LogP contribution in [0.5, 0.6) is 0 Å². The average Bonchev–Trinajstić information content (AvgIpc) is 2.84. The molecule has 1 heterocycles. The molecule has 0 saturated heterocycles. The lowest BCUT2D eigenvalue weighted by atomic mass is 10.2. The number of hydrogen-bond acceptors (Lipinski definition) is 4. The van der Waals surface area contributed by atoms with Crippen LogP contribution in [-0.4, -0.2) is 23.7 Å². The van der Waals surface area contributed by atoms with Crippen LogP contribution in [0.15, 0.2) is 27.8 Å². The molecule has 0 bridgehead atoms. The Morgan fingerprint density at radius 2 is 2.20 bits per heavy atom. The molecule has 6 nitrogen and oxygen atoms in total. The Labute approximate surface area is 123 Å². The first-order valence-electron chi connectivity index (χ1n) is 5.46. The standard InChI is InChI=1S/C11H11BrFN3O3S/c1-6-2-8(12)9(13)3-10(6)16-20(18,19)11-7(5-17)4-14-15-11/h2-4,16-17H,5H2,1H3,(H,14,15). The Kier molecular flexibility index (Phi) is 4.11. The number of aliphatic hydroxyl groups is 1. The fourth-order valence-electron chi connectivity index (χ4n) is 1.60. The zero-order valence-corrected chi connectivity index (χ0v) is 12.7. The molecule has 0 aliphatic rings. The van der Waals surface area contributed by atoms with Gasteiger partial charge in [0.2, 0.25) is 0 Å². The minimum absolute atomic E-state index is 0.115. The number of rotatable bonds is 4. The molecule has 9 heteroatoms. The maximum absolute atomic E-state index is 13.5. The van der Waals surface area contributed by atoms with Gasteiger partial charge in [0.1, 0.15) is 5.82 Å². The highest BCUT2D eigenvalue weighted by Gasteiger charge is 2.21. The Morgan fingerprint density at radius 3 is 2.85 bits per heavy atom. The summed E-state index contributed by atoms with van der Waals surface area (Å²) in [6.45, 7) is 1.17. The van der Waals surface area contributed by atoms with Gasteiger partial charge in [0.25, 0.3) is 10.0 Å². The van der Waals surface area contributed by atoms with E-state index in [0.717, 1.165) is 6.07 Å². The Morgan fingerprint density at radius 1 is 1.50 bits per heavy atom. The Bertz CT molecular complexity index is 745. The number of nitrogens with zero attached hydrogens (tertiary/aromatic N) is 1. The quantitative estimate of drug-likeness (QED) is 0.773. The van der Waals surface area contributed by atoms with Crippen LogP contribution in [0.1, 0.15) is 11.1 Å². The molecule has 0 atom stereocenters. The number of aromatic amines is 1. The smallest absolute Gasteiger partial charge is 0.279 e. The van der Waals surface area contributed by atoms with Crippen molar-refractivity contribution >= 4 is 31.6 Å². The molecular formula is C11H11BrFN3O3S. The van der Waals surface area contributed by atoms with E-state index in [1.54, 1.807) is 6.92 Å². The van der Waals surface area contributed by atoms with Crippen molar-refractivity contribution < 1.29 is 17.9 Å². The van der Waals surface area contributed by atoms with Crippen LogP contribution in [-0.2, 0) is 16.6 Å². The van der Waals surface area contributed by atoms with Crippen molar-refractivity contribution in [2.45, 2.75) is 18.6 Å². The van der Waals surface area contributed by atoms with E-state index in [1.165, 1.54) is 12.3 Å². The fraction of sp³-hybridized carbons (Fsp3) is 0.182. The summed E-state index contributed by atoms with van der Waals surface area (Å²) in [5.41, 5.74) is 0.795. The number of aliphatic hydroxyl groups excluding tert-OH is 1. The number of aromatic nitrogens is 2. The summed E-state index contributed by atoms with van der Waals surface area (Å²) in [5, 5.41) is 14.7. The largest absolute Gasteiger partial charge is 0.392 e. The van der Waals surface area contributed by atoms with Gasteiger partial charge in [0.15, 0.2) is 5.03 Å². The summed E-state index contributed by atoms with van der Waals surface area (Å²) in [4.78, 5) is 0. The highest BCUT2D eigenvalue weighted by atomic mass is 79.9. The van der Waals surface area contributed by atoms with E-state index in [4.69, 9.17) is 5.11 Å². The lowest BCUT2D eigenvalue weighted by Gasteiger charge is -2.11. The van der Waals surface area contributed by atoms with E-state index in [-0.39, 0.29) is 20.7 Å². The van der Waals surface area contributed by atoms with Gasteiger partial charge in [-0.05, 0) is 40.5 Å². The number of nitrogens with one attached hydrogen (secondary N) is 2. The van der Waals surface area contributed by atoms with E-state index in [9.17, 15) is 12.8 Å². The maximum atomic E-state index is 13.5. The van der Waals surface area contributed by atoms with Gasteiger partial charge in [-0.15, -0.1) is 0 Å². The number of hydrogen-bond donors (Lipinski definition) is 3. The minimum atomic E-state index is -3.97. The summed E-state index contributed by atoms with van der Waals surface area (Å²) < 4.78 is 40.3. The van der Waals surface area contributed by atoms with Gasteiger partial charge in [-0.3, -0.25) is 9.82 Å². The number of benzene rings is 1. The average molecular weight is 364 g/mol. The molecule has 0 spiro atoms. The Balaban J connectivity index is 2.41. The first kappa shape index (κ1) is 14.9. The zero-order chi connectivity index (χ0) is 14.9. The fourth-order valence-corrected chi connectivity index (χ4v) is 3.30. The molecule has 3 N–H and O–H groups in total. The number of anilines is 1. The van der Waals surface area contributed by atoms with Crippen molar-refractivity contribution in [3.63, 3.8) is 0 Å². The molecule has 2 aromatic rings. The molecule has 0 aliphatic carbocycles. The number of aryl methyl sites for hydroxylation is 1. The molecule has 0 amide bonds. The number of halogens is 2. The van der Waals surface area contributed by atoms with Gasteiger partial charge in [0, 0.05) is 5.56 Å². The summed E-state index contributed by atoms with van der Waals surface area (Å²) in [5.74, 6) is -0.583. The Hall–Kier alpha value is -1.45. The van der Waals surface area contributed by atoms with Crippen molar-refractivity contribution in [2.24, 2.45) is 0 Å². The molecule has 1 aromatic heterocycles. The van der Waals surface area contributed by atoms with Crippen LogP contribution in [0, 0.1) is 12.7 Å². The number of H-pyrrole nitrogens is 1. The van der Waals surface area contributed by atoms with Crippen molar-refractivity contribution in [3.8, 4) is 0 Å². The van der Waals surface area contributed by atoms with Crippen molar-refractivity contribution in [1.29, 1.82) is 0 Å². The predicted molar refractivity (Wildman–Crippen MR) is 74.2 cm³/mol. The van der Waals surface area contributed by atoms with Crippen molar-refractivity contribution in [2.75, 3.05) is 4.72 Å². The molecule has 0 saturated carbocycles. The van der Waals surface area contributed by atoms with E-state index in [2.05, 4.69) is 30.8 Å². The molecule has 2 rings (SSSR count). The third-order valence-electron chi connectivity index (χ3n) is 2.63. The lowest BCUT2D eigenvalue weighted by molar-refractivity contribution is 0.278. The molecule has 1 aromatic carbocycles. The second-order valence-corrected chi connectivity index (χ2v) is 6.54. The van der Waals surface area contributed by atoms with Crippen LogP contribution in [0.2, 0.25) is 0 Å². The first-order valence-corrected chi connectivity index (χ1v) is 7.74. The second-order valence-electron chi connectivity index (χ2n) is 4.07. The van der Waals surface area contributed by atoms with Crippen LogP contribution in [0.3, 0.4) is 0 Å². The molecule has 0 unspecified atom stereocenters. The monoisotopic (exact) mass is 363 g/mol. The molecule has 0 radical (unpaired) electrons. The van der Waals surface area contributed by atoms with Crippen LogP contribution < -0.4 is 4.72 Å². The van der Waals surface area contributed by atoms with Crippen LogP contribution >= 0.6 is 15.9 Å². The maximum Gasteiger partial charge on any atom is 0.279 e. The highest BCUT2D eigenvalue weighted by Crippen LogP contribution is 2.26. The third-order valence-corrected chi connectivity index (χ3v) is 4.62. The summed E-state index contributed by atoms with van der Waals surface area (Å²) >= 11 is 3.02. The van der Waals surface area contributed by atoms with Crippen molar-refractivity contribution in [3.05, 3.63) is 39.7 Å². The van der Waals surface area contributed by atoms with Gasteiger partial charge in [-0.25, -0.2) is 4.39 Å². The van der Waals surface area contributed by atoms with Gasteiger partial charge in [-0.1, -0.05) is 0 Å². The second kappa shape index (κ2) is 5.51. The summed E-state index contributed by atoms with van der Waals surface area (Å²) in [7, 11) is -3.97. The van der Waals surface area contributed by atoms with Gasteiger partial charge >= 0.3 is 0 Å². The SMILES string of the molecule is Cc1cc(Br)c(F)cc1NS(=O)(=O)c1[nH]ncc1CO. The molecule has 20 heavy (non-hydrogen) atoms. The highest BCUT2D eigenvalue weighted by molar-refractivity contribution is 9.10. The molecule has 0 aliphatic heterocycles. The normalized spacial score (nSPS) is 11.6. The summed E-state index contributed by atoms with van der Waals surface area (Å²) in [6, 6.07) is 2.54. The van der Waals surface area contributed by atoms with Gasteiger partial charge in [-0.2, -0.15) is 13.5 Å². The van der Waals surface area contributed by atoms with E-state index in [0.29, 0.717) is 5.56 Å². The van der Waals surface area contributed by atoms with E-state index in [1.807, 2.05) is 0 Å². The van der Waals surface area contributed by atoms with Gasteiger partial charge < -0.3 is 5.11 Å². The topological polar surface area (TPSA) is 95.1 Å². The molecule has 108 valence electrons. The van der Waals surface area contributed by atoms with E-state index < -0.39 is 22.4 Å². The van der Waals surface area contributed by atoms with E-state index >= 15 is 0 Å². The first-order chi connectivity index (χ1) is 9.35. The van der Waals surface area contributed by atoms with Crippen LogP contribution in [0.4, 0.5) is 10.1 Å². The molecular weight excluding hydrogens is 353 g/mol. The minimum Gasteiger partial charge on any atom is -0.392 e. The van der Waals surface area contributed by atoms with Crippen molar-refractivity contribution in [1.82, 2.24) is 10.2 Å². The zero-order valence-electron chi connectivity index (χ0n) is 10.3. The number of sulfonamides is 1. The molecule has 0 fully saturated rings. The predicted octanol–water partition coefficient (Wildman–Crippen LogP) is 1.91. The van der Waals surface area contributed by atoms with Gasteiger partial charge in [0.05, 0.1) is 23.0 Å². The lowest BCUT2D eigenvalue weighted by Crippen LogP contribution is -2.16.